The van der Waals surface area contributed by atoms with Crippen LogP contribution in [0.2, 0.25) is 0 Å². The molecule has 0 bridgehead atoms. The number of thiophene rings is 1. The Bertz CT molecular complexity index is 669. The van der Waals surface area contributed by atoms with Crippen molar-refractivity contribution in [3.63, 3.8) is 0 Å². The van der Waals surface area contributed by atoms with E-state index in [1.54, 1.807) is 6.92 Å². The number of Topliss-reactive ketones (excluding diaryl/α,β-unsaturated/α-hetero) is 1. The Morgan fingerprint density at radius 1 is 1.43 bits per heavy atom. The molecule has 2 aromatic heterocycles. The number of hydrogen-bond donors (Lipinski definition) is 0. The topological polar surface area (TPSA) is 59.2 Å². The molecule has 0 aliphatic carbocycles. The van der Waals surface area contributed by atoms with E-state index in [0.717, 1.165) is 49.1 Å². The van der Waals surface area contributed by atoms with Crippen LogP contribution < -0.4 is 0 Å². The van der Waals surface area contributed by atoms with E-state index in [-0.39, 0.29) is 5.78 Å². The summed E-state index contributed by atoms with van der Waals surface area (Å²) >= 11 is 1.54. The molecular weight excluding hydrogens is 310 g/mol. The van der Waals surface area contributed by atoms with Gasteiger partial charge in [-0.25, -0.2) is 0 Å². The molecule has 2 aromatic rings. The zero-order chi connectivity index (χ0) is 16.4. The van der Waals surface area contributed by atoms with Gasteiger partial charge in [0, 0.05) is 18.4 Å². The number of piperidine rings is 1. The van der Waals surface area contributed by atoms with Crippen LogP contribution >= 0.6 is 11.3 Å². The second-order valence-corrected chi connectivity index (χ2v) is 7.48. The van der Waals surface area contributed by atoms with Crippen molar-refractivity contribution in [3.05, 3.63) is 33.6 Å². The summed E-state index contributed by atoms with van der Waals surface area (Å²) in [5, 5.41) is 6.16. The van der Waals surface area contributed by atoms with Gasteiger partial charge < -0.3 is 4.52 Å². The molecule has 1 aliphatic heterocycles. The summed E-state index contributed by atoms with van der Waals surface area (Å²) in [6, 6.07) is 2.02. The van der Waals surface area contributed by atoms with Gasteiger partial charge in [-0.3, -0.25) is 9.69 Å². The van der Waals surface area contributed by atoms with Crippen LogP contribution in [0.15, 0.2) is 16.0 Å². The van der Waals surface area contributed by atoms with Gasteiger partial charge in [-0.15, -0.1) is 11.3 Å². The minimum atomic E-state index is 0.150. The second-order valence-electron chi connectivity index (χ2n) is 6.57. The highest BCUT2D eigenvalue weighted by atomic mass is 32.1. The first-order chi connectivity index (χ1) is 11.0. The maximum Gasteiger partial charge on any atom is 0.229 e. The third-order valence-electron chi connectivity index (χ3n) is 4.32. The molecule has 1 aliphatic rings. The van der Waals surface area contributed by atoms with E-state index in [2.05, 4.69) is 34.3 Å². The number of rotatable bonds is 5. The Labute approximate surface area is 140 Å². The number of nitrogens with zero attached hydrogens (tertiary/aromatic N) is 3. The maximum atomic E-state index is 11.4. The Kier molecular flexibility index (Phi) is 4.92. The van der Waals surface area contributed by atoms with E-state index >= 15 is 0 Å². The minimum Gasteiger partial charge on any atom is -0.339 e. The Morgan fingerprint density at radius 2 is 2.17 bits per heavy atom. The number of aromatic nitrogens is 2. The van der Waals surface area contributed by atoms with Crippen LogP contribution in [0.5, 0.6) is 0 Å². The molecule has 0 radical (unpaired) electrons. The molecule has 0 aromatic carbocycles. The summed E-state index contributed by atoms with van der Waals surface area (Å²) in [5.41, 5.74) is 1.23. The lowest BCUT2D eigenvalue weighted by atomic mass is 9.96. The predicted molar refractivity (Wildman–Crippen MR) is 90.0 cm³/mol. The van der Waals surface area contributed by atoms with Crippen molar-refractivity contribution in [2.24, 2.45) is 0 Å². The SMILES string of the molecule is CC(=O)c1cc(CN2CCC(c3nc(C(C)C)no3)CC2)cs1. The number of carbonyl (C=O) groups excluding carboxylic acids is 1. The molecular formula is C17H23N3O2S. The molecule has 6 heteroatoms. The summed E-state index contributed by atoms with van der Waals surface area (Å²) in [5.74, 6) is 2.43. The van der Waals surface area contributed by atoms with Crippen LogP contribution in [-0.4, -0.2) is 33.9 Å². The van der Waals surface area contributed by atoms with Gasteiger partial charge in [-0.05, 0) is 49.9 Å². The fourth-order valence-corrected chi connectivity index (χ4v) is 3.69. The fraction of sp³-hybridized carbons (Fsp3) is 0.588. The van der Waals surface area contributed by atoms with Crippen molar-refractivity contribution in [2.75, 3.05) is 13.1 Å². The van der Waals surface area contributed by atoms with E-state index in [9.17, 15) is 4.79 Å². The first-order valence-corrected chi connectivity index (χ1v) is 9.05. The lowest BCUT2D eigenvalue weighted by Crippen LogP contribution is -2.32. The lowest BCUT2D eigenvalue weighted by Gasteiger charge is -2.29. The third-order valence-corrected chi connectivity index (χ3v) is 5.40. The Balaban J connectivity index is 1.54. The van der Waals surface area contributed by atoms with Crippen LogP contribution in [0, 0.1) is 0 Å². The van der Waals surface area contributed by atoms with E-state index in [0.29, 0.717) is 11.8 Å². The molecule has 3 heterocycles. The summed E-state index contributed by atoms with van der Waals surface area (Å²) in [4.78, 5) is 19.2. The van der Waals surface area contributed by atoms with Crippen LogP contribution in [0.25, 0.3) is 0 Å². The van der Waals surface area contributed by atoms with Crippen LogP contribution in [0.4, 0.5) is 0 Å². The highest BCUT2D eigenvalue weighted by molar-refractivity contribution is 7.12. The average Bonchev–Trinajstić information content (AvgIpc) is 3.17. The van der Waals surface area contributed by atoms with Gasteiger partial charge >= 0.3 is 0 Å². The average molecular weight is 333 g/mol. The van der Waals surface area contributed by atoms with Crippen LogP contribution in [0.3, 0.4) is 0 Å². The predicted octanol–water partition coefficient (Wildman–Crippen LogP) is 3.84. The van der Waals surface area contributed by atoms with Crippen molar-refractivity contribution >= 4 is 17.1 Å². The smallest absolute Gasteiger partial charge is 0.229 e. The Hall–Kier alpha value is -1.53. The van der Waals surface area contributed by atoms with Gasteiger partial charge in [-0.1, -0.05) is 19.0 Å². The van der Waals surface area contributed by atoms with Crippen molar-refractivity contribution in [1.29, 1.82) is 0 Å². The standard InChI is InChI=1S/C17H23N3O2S/c1-11(2)16-18-17(22-19-16)14-4-6-20(7-5-14)9-13-8-15(12(3)21)23-10-13/h8,10-11,14H,4-7,9H2,1-3H3. The van der Waals surface area contributed by atoms with E-state index in [4.69, 9.17) is 4.52 Å². The molecule has 0 N–H and O–H groups in total. The molecule has 0 amide bonds. The van der Waals surface area contributed by atoms with Gasteiger partial charge in [0.1, 0.15) is 0 Å². The maximum absolute atomic E-state index is 11.4. The molecule has 124 valence electrons. The molecule has 1 fully saturated rings. The summed E-state index contributed by atoms with van der Waals surface area (Å²) in [6.45, 7) is 8.74. The monoisotopic (exact) mass is 333 g/mol. The Morgan fingerprint density at radius 3 is 2.74 bits per heavy atom. The van der Waals surface area contributed by atoms with Gasteiger partial charge in [0.15, 0.2) is 11.6 Å². The molecule has 23 heavy (non-hydrogen) atoms. The minimum absolute atomic E-state index is 0.150. The normalized spacial score (nSPS) is 17.0. The van der Waals surface area contributed by atoms with Crippen LogP contribution in [-0.2, 0) is 6.54 Å². The molecule has 3 rings (SSSR count). The van der Waals surface area contributed by atoms with Gasteiger partial charge in [0.2, 0.25) is 5.89 Å². The number of ketones is 1. The number of hydrogen-bond acceptors (Lipinski definition) is 6. The highest BCUT2D eigenvalue weighted by Crippen LogP contribution is 2.29. The quantitative estimate of drug-likeness (QED) is 0.778. The molecule has 0 atom stereocenters. The summed E-state index contributed by atoms with van der Waals surface area (Å²) < 4.78 is 5.43. The first-order valence-electron chi connectivity index (χ1n) is 8.17. The van der Waals surface area contributed by atoms with Crippen molar-refractivity contribution < 1.29 is 9.32 Å². The number of likely N-dealkylation sites (tertiary alicyclic amines) is 1. The van der Waals surface area contributed by atoms with Gasteiger partial charge in [0.25, 0.3) is 0 Å². The molecule has 1 saturated heterocycles. The zero-order valence-electron chi connectivity index (χ0n) is 13.9. The van der Waals surface area contributed by atoms with E-state index in [1.165, 1.54) is 16.9 Å². The lowest BCUT2D eigenvalue weighted by molar-refractivity contribution is 0.102. The molecule has 0 unspecified atom stereocenters. The van der Waals surface area contributed by atoms with Crippen molar-refractivity contribution in [2.45, 2.75) is 52.0 Å². The van der Waals surface area contributed by atoms with Gasteiger partial charge in [-0.2, -0.15) is 4.98 Å². The number of carbonyl (C=O) groups is 1. The fourth-order valence-electron chi connectivity index (χ4n) is 2.89. The van der Waals surface area contributed by atoms with Crippen molar-refractivity contribution in [3.8, 4) is 0 Å². The molecule has 5 nitrogen and oxygen atoms in total. The highest BCUT2D eigenvalue weighted by Gasteiger charge is 2.25. The van der Waals surface area contributed by atoms with E-state index in [1.807, 2.05) is 6.07 Å². The largest absolute Gasteiger partial charge is 0.339 e. The van der Waals surface area contributed by atoms with Gasteiger partial charge in [0.05, 0.1) is 4.88 Å². The zero-order valence-corrected chi connectivity index (χ0v) is 14.7. The van der Waals surface area contributed by atoms with Crippen LogP contribution in [0.1, 0.15) is 72.4 Å². The first kappa shape index (κ1) is 16.3. The van der Waals surface area contributed by atoms with Crippen molar-refractivity contribution in [1.82, 2.24) is 15.0 Å². The third kappa shape index (κ3) is 3.87. The van der Waals surface area contributed by atoms with E-state index < -0.39 is 0 Å². The summed E-state index contributed by atoms with van der Waals surface area (Å²) in [7, 11) is 0. The summed E-state index contributed by atoms with van der Waals surface area (Å²) in [6.07, 6.45) is 2.09. The molecule has 0 saturated carbocycles. The molecule has 0 spiro atoms. The second kappa shape index (κ2) is 6.93.